The first-order valence-corrected chi connectivity index (χ1v) is 6.22. The number of nitriles is 3. The van der Waals surface area contributed by atoms with Crippen LogP contribution >= 0.6 is 0 Å². The van der Waals surface area contributed by atoms with Gasteiger partial charge in [0.1, 0.15) is 20.4 Å². The van der Waals surface area contributed by atoms with Gasteiger partial charge in [-0.1, -0.05) is 20.8 Å². The second kappa shape index (κ2) is 123. The van der Waals surface area contributed by atoms with E-state index in [1.54, 1.807) is 0 Å². The summed E-state index contributed by atoms with van der Waals surface area (Å²) in [5.74, 6) is 0. The van der Waals surface area contributed by atoms with Crippen molar-refractivity contribution in [2.45, 2.75) is 59.3 Å². The van der Waals surface area contributed by atoms with Crippen molar-refractivity contribution in [1.82, 2.24) is 0 Å². The fraction of sp³-hybridized carbons (Fsp3) is 0.600. The van der Waals surface area contributed by atoms with Gasteiger partial charge in [0.25, 0.3) is 0 Å². The van der Waals surface area contributed by atoms with E-state index >= 15 is 0 Å². The van der Waals surface area contributed by atoms with Crippen LogP contribution in [0.2, 0.25) is 0 Å². The van der Waals surface area contributed by atoms with Crippen LogP contribution in [0.4, 0.5) is 0 Å². The molecule has 0 aromatic heterocycles. The molecule has 0 radical (unpaired) electrons. The first-order valence-electron chi connectivity index (χ1n) is 6.22. The molecular weight excluding hydrogens is 454 g/mol. The van der Waals surface area contributed by atoms with E-state index in [1.165, 1.54) is 0 Å². The fourth-order valence-electron chi connectivity index (χ4n) is 0.335. The maximum Gasteiger partial charge on any atom is 0.106 e. The summed E-state index contributed by atoms with van der Waals surface area (Å²) in [6, 6.07) is 6.05. The molecule has 0 bridgehead atoms. The van der Waals surface area contributed by atoms with E-state index in [0.29, 0.717) is 19.3 Å². The van der Waals surface area contributed by atoms with Gasteiger partial charge in [-0.05, 0) is 19.3 Å². The average Bonchev–Trinajstić information content (AvgIpc) is 2.57. The van der Waals surface area contributed by atoms with Crippen molar-refractivity contribution in [2.24, 2.45) is 0 Å². The van der Waals surface area contributed by atoms with Crippen LogP contribution in [-0.4, -0.2) is 20.4 Å². The standard InChI is InChI=1S/3C4H7N.3CH2O.W/c3*1-2-3-4-5;3*1-2;/h3*2-3H2,1H3;3*1H2;. The Morgan fingerprint density at radius 1 is 0.591 bits per heavy atom. The third kappa shape index (κ3) is 308. The van der Waals surface area contributed by atoms with Crippen LogP contribution in [-0.2, 0) is 35.4 Å². The molecule has 0 aliphatic carbocycles. The average molecular weight is 481 g/mol. The number of hydrogen-bond acceptors (Lipinski definition) is 6. The minimum absolute atomic E-state index is 0. The molecule has 0 fully saturated rings. The van der Waals surface area contributed by atoms with Gasteiger partial charge in [0, 0.05) is 40.3 Å². The second-order valence-corrected chi connectivity index (χ2v) is 2.72. The van der Waals surface area contributed by atoms with Gasteiger partial charge in [0.2, 0.25) is 0 Å². The number of nitrogens with zero attached hydrogens (tertiary/aromatic N) is 3. The van der Waals surface area contributed by atoms with Crippen molar-refractivity contribution in [2.75, 3.05) is 0 Å². The third-order valence-electron chi connectivity index (χ3n) is 1.09. The number of unbranched alkanes of at least 4 members (excludes halogenated alkanes) is 3. The molecule has 0 aromatic carbocycles. The molecular formula is C15H27N3O3W. The van der Waals surface area contributed by atoms with E-state index in [9.17, 15) is 0 Å². The van der Waals surface area contributed by atoms with Crippen molar-refractivity contribution in [1.29, 1.82) is 15.8 Å². The molecule has 0 saturated heterocycles. The maximum atomic E-state index is 8.00. The molecule has 0 amide bonds. The number of carbonyl (C=O) groups excluding carboxylic acids is 3. The molecule has 7 heteroatoms. The van der Waals surface area contributed by atoms with Gasteiger partial charge in [-0.2, -0.15) is 15.8 Å². The summed E-state index contributed by atoms with van der Waals surface area (Å²) < 4.78 is 0. The van der Waals surface area contributed by atoms with Gasteiger partial charge in [-0.25, -0.2) is 0 Å². The van der Waals surface area contributed by atoms with Crippen LogP contribution in [0.15, 0.2) is 0 Å². The zero-order chi connectivity index (χ0) is 18.4. The van der Waals surface area contributed by atoms with E-state index in [2.05, 4.69) is 0 Å². The molecule has 6 nitrogen and oxygen atoms in total. The number of carbonyl (C=O) groups is 3. The Bertz CT molecular complexity index is 215. The normalized spacial score (nSPS) is 4.91. The predicted molar refractivity (Wildman–Crippen MR) is 82.9 cm³/mol. The van der Waals surface area contributed by atoms with Crippen LogP contribution in [0.3, 0.4) is 0 Å². The molecule has 0 aliphatic heterocycles. The van der Waals surface area contributed by atoms with Gasteiger partial charge < -0.3 is 14.4 Å². The minimum Gasteiger partial charge on any atom is -0.307 e. The van der Waals surface area contributed by atoms with Crippen LogP contribution in [0.1, 0.15) is 59.3 Å². The Morgan fingerprint density at radius 3 is 0.727 bits per heavy atom. The van der Waals surface area contributed by atoms with Crippen LogP contribution in [0.5, 0.6) is 0 Å². The van der Waals surface area contributed by atoms with E-state index in [1.807, 2.05) is 59.3 Å². The Morgan fingerprint density at radius 2 is 0.727 bits per heavy atom. The largest absolute Gasteiger partial charge is 0.307 e. The van der Waals surface area contributed by atoms with Crippen molar-refractivity contribution in [3.8, 4) is 18.2 Å². The summed E-state index contributed by atoms with van der Waals surface area (Å²) in [4.78, 5) is 24.0. The first-order chi connectivity index (χ1) is 10.2. The summed E-state index contributed by atoms with van der Waals surface area (Å²) >= 11 is 0. The Hall–Kier alpha value is -1.83. The summed E-state index contributed by atoms with van der Waals surface area (Å²) in [7, 11) is 0. The van der Waals surface area contributed by atoms with Crippen molar-refractivity contribution < 1.29 is 35.4 Å². The van der Waals surface area contributed by atoms with Gasteiger partial charge in [-0.3, -0.25) is 0 Å². The van der Waals surface area contributed by atoms with Crippen molar-refractivity contribution in [3.63, 3.8) is 0 Å². The molecule has 0 heterocycles. The van der Waals surface area contributed by atoms with E-state index < -0.39 is 0 Å². The Labute approximate surface area is 149 Å². The fourth-order valence-corrected chi connectivity index (χ4v) is 0.335. The van der Waals surface area contributed by atoms with Gasteiger partial charge >= 0.3 is 0 Å². The maximum absolute atomic E-state index is 8.00. The summed E-state index contributed by atoms with van der Waals surface area (Å²) in [6.07, 6.45) is 5.03. The van der Waals surface area contributed by atoms with E-state index in [-0.39, 0.29) is 21.1 Å². The SMILES string of the molecule is C=O.C=O.C=O.CCCC#N.CCCC#N.CCCC#N.[W]. The molecule has 0 aliphatic rings. The topological polar surface area (TPSA) is 123 Å². The molecule has 0 spiro atoms. The van der Waals surface area contributed by atoms with Gasteiger partial charge in [-0.15, -0.1) is 0 Å². The Balaban J connectivity index is -0.0000000257. The van der Waals surface area contributed by atoms with Gasteiger partial charge in [0.15, 0.2) is 0 Å². The van der Waals surface area contributed by atoms with E-state index in [0.717, 1.165) is 19.3 Å². The van der Waals surface area contributed by atoms with E-state index in [4.69, 9.17) is 30.2 Å². The predicted octanol–water partition coefficient (Wildman–Crippen LogP) is 3.37. The molecule has 0 atom stereocenters. The number of hydrogen-bond donors (Lipinski definition) is 0. The monoisotopic (exact) mass is 481 g/mol. The van der Waals surface area contributed by atoms with Crippen molar-refractivity contribution in [3.05, 3.63) is 0 Å². The first kappa shape index (κ1) is 42.7. The minimum atomic E-state index is 0. The third-order valence-corrected chi connectivity index (χ3v) is 1.09. The van der Waals surface area contributed by atoms with Crippen LogP contribution in [0, 0.1) is 34.0 Å². The molecule has 22 heavy (non-hydrogen) atoms. The molecule has 0 N–H and O–H groups in total. The molecule has 0 unspecified atom stereocenters. The summed E-state index contributed by atoms with van der Waals surface area (Å²) in [5.41, 5.74) is 0. The number of rotatable bonds is 3. The summed E-state index contributed by atoms with van der Waals surface area (Å²) in [6.45, 7) is 12.0. The quantitative estimate of drug-likeness (QED) is 0.609. The van der Waals surface area contributed by atoms with Crippen LogP contribution in [0.25, 0.3) is 0 Å². The van der Waals surface area contributed by atoms with Crippen LogP contribution < -0.4 is 0 Å². The molecule has 0 rings (SSSR count). The zero-order valence-electron chi connectivity index (χ0n) is 13.8. The smallest absolute Gasteiger partial charge is 0.106 e. The van der Waals surface area contributed by atoms with Crippen molar-refractivity contribution >= 4 is 20.4 Å². The Kier molecular flexibility index (Phi) is 239. The molecule has 0 aromatic rings. The summed E-state index contributed by atoms with van der Waals surface area (Å²) in [5, 5.41) is 23.4. The zero-order valence-corrected chi connectivity index (χ0v) is 16.8. The molecule has 0 saturated carbocycles. The molecule has 126 valence electrons. The van der Waals surface area contributed by atoms with Gasteiger partial charge in [0.05, 0.1) is 18.2 Å². The second-order valence-electron chi connectivity index (χ2n) is 2.72.